The molecule has 7 nitrogen and oxygen atoms in total. The lowest BCUT2D eigenvalue weighted by Crippen LogP contribution is -2.27. The van der Waals surface area contributed by atoms with E-state index in [4.69, 9.17) is 14.2 Å². The Morgan fingerprint density at radius 2 is 1.65 bits per heavy atom. The van der Waals surface area contributed by atoms with Crippen LogP contribution < -0.4 is 9.64 Å². The lowest BCUT2D eigenvalue weighted by Gasteiger charge is -2.25. The number of hydrogen-bond acceptors (Lipinski definition) is 7. The average molecular weight is 357 g/mol. The third kappa shape index (κ3) is 3.66. The van der Waals surface area contributed by atoms with E-state index in [1.54, 1.807) is 36.6 Å². The molecule has 136 valence electrons. The molecule has 26 heavy (non-hydrogen) atoms. The van der Waals surface area contributed by atoms with Crippen molar-refractivity contribution in [2.45, 2.75) is 6.92 Å². The molecule has 0 bridgehead atoms. The van der Waals surface area contributed by atoms with Gasteiger partial charge in [0.15, 0.2) is 5.78 Å². The minimum Gasteiger partial charge on any atom is -0.495 e. The van der Waals surface area contributed by atoms with Crippen molar-refractivity contribution in [1.29, 1.82) is 0 Å². The van der Waals surface area contributed by atoms with E-state index in [0.717, 1.165) is 0 Å². The molecule has 7 heteroatoms. The van der Waals surface area contributed by atoms with Gasteiger partial charge in [0.1, 0.15) is 11.4 Å². The maximum absolute atomic E-state index is 12.4. The Kier molecular flexibility index (Phi) is 5.95. The van der Waals surface area contributed by atoms with E-state index in [1.165, 1.54) is 39.2 Å². The first kappa shape index (κ1) is 19.0. The maximum atomic E-state index is 12.4. The standard InChI is InChI=1S/C19H19NO6/c1-12(21)13-8-9-15(16(11-13)24-2)20-10-6-5-7-14(18(22)25-3)17(20)19(23)26-4/h5-11H,1-4H3. The number of ether oxygens (including phenoxy) is 3. The van der Waals surface area contributed by atoms with Gasteiger partial charge in [-0.2, -0.15) is 0 Å². The molecule has 1 heterocycles. The van der Waals surface area contributed by atoms with Crippen LogP contribution in [-0.4, -0.2) is 39.1 Å². The van der Waals surface area contributed by atoms with Gasteiger partial charge >= 0.3 is 11.9 Å². The SMILES string of the molecule is COC(=O)C1=C(C(=O)OC)N(c2ccc(C(C)=O)cc2OC)C=CC=C1. The number of esters is 2. The first-order chi connectivity index (χ1) is 12.4. The molecule has 0 saturated carbocycles. The molecule has 2 rings (SSSR count). The largest absolute Gasteiger partial charge is 0.495 e. The molecule has 1 aromatic rings. The lowest BCUT2D eigenvalue weighted by molar-refractivity contribution is -0.139. The molecule has 0 spiro atoms. The van der Waals surface area contributed by atoms with Gasteiger partial charge in [0.2, 0.25) is 0 Å². The van der Waals surface area contributed by atoms with Crippen LogP contribution in [0.2, 0.25) is 0 Å². The first-order valence-corrected chi connectivity index (χ1v) is 7.68. The van der Waals surface area contributed by atoms with Gasteiger partial charge in [-0.25, -0.2) is 9.59 Å². The van der Waals surface area contributed by atoms with Crippen molar-refractivity contribution >= 4 is 23.4 Å². The van der Waals surface area contributed by atoms with Crippen molar-refractivity contribution in [3.63, 3.8) is 0 Å². The van der Waals surface area contributed by atoms with Crippen LogP contribution in [-0.2, 0) is 19.1 Å². The summed E-state index contributed by atoms with van der Waals surface area (Å²) in [6.07, 6.45) is 6.30. The van der Waals surface area contributed by atoms with E-state index < -0.39 is 11.9 Å². The highest BCUT2D eigenvalue weighted by atomic mass is 16.5. The number of methoxy groups -OCH3 is 3. The van der Waals surface area contributed by atoms with Gasteiger partial charge in [0.05, 0.1) is 32.6 Å². The summed E-state index contributed by atoms with van der Waals surface area (Å²) in [5.74, 6) is -1.18. The van der Waals surface area contributed by atoms with E-state index in [9.17, 15) is 14.4 Å². The Bertz CT molecular complexity index is 834. The molecule has 1 aliphatic heterocycles. The van der Waals surface area contributed by atoms with Gasteiger partial charge in [-0.15, -0.1) is 0 Å². The van der Waals surface area contributed by atoms with Crippen LogP contribution in [0.4, 0.5) is 5.69 Å². The second kappa shape index (κ2) is 8.15. The maximum Gasteiger partial charge on any atom is 0.355 e. The highest BCUT2D eigenvalue weighted by molar-refractivity contribution is 6.06. The average Bonchev–Trinajstić information content (AvgIpc) is 2.88. The number of anilines is 1. The molecule has 0 fully saturated rings. The predicted octanol–water partition coefficient (Wildman–Crippen LogP) is 2.39. The molecular formula is C19H19NO6. The topological polar surface area (TPSA) is 82.1 Å². The summed E-state index contributed by atoms with van der Waals surface area (Å²) >= 11 is 0. The van der Waals surface area contributed by atoms with Crippen molar-refractivity contribution in [1.82, 2.24) is 0 Å². The number of hydrogen-bond donors (Lipinski definition) is 0. The normalized spacial score (nSPS) is 13.3. The summed E-state index contributed by atoms with van der Waals surface area (Å²) in [7, 11) is 3.89. The van der Waals surface area contributed by atoms with Crippen LogP contribution in [0.5, 0.6) is 5.75 Å². The number of carbonyl (C=O) groups is 3. The van der Waals surface area contributed by atoms with Crippen molar-refractivity contribution < 1.29 is 28.6 Å². The van der Waals surface area contributed by atoms with Gasteiger partial charge in [0, 0.05) is 11.8 Å². The Balaban J connectivity index is 2.71. The Hall–Kier alpha value is -3.35. The minimum absolute atomic E-state index is 0.0294. The van der Waals surface area contributed by atoms with Crippen LogP contribution in [0.3, 0.4) is 0 Å². The molecule has 0 radical (unpaired) electrons. The zero-order valence-electron chi connectivity index (χ0n) is 14.9. The highest BCUT2D eigenvalue weighted by Gasteiger charge is 2.29. The van der Waals surface area contributed by atoms with E-state index in [-0.39, 0.29) is 17.1 Å². The second-order valence-corrected chi connectivity index (χ2v) is 5.26. The zero-order chi connectivity index (χ0) is 19.3. The molecular weight excluding hydrogens is 338 g/mol. The summed E-state index contributed by atoms with van der Waals surface area (Å²) in [6.45, 7) is 1.44. The van der Waals surface area contributed by atoms with Gasteiger partial charge in [0.25, 0.3) is 0 Å². The summed E-state index contributed by atoms with van der Waals surface area (Å²) in [6, 6.07) is 4.80. The lowest BCUT2D eigenvalue weighted by atomic mass is 10.1. The van der Waals surface area contributed by atoms with E-state index >= 15 is 0 Å². The van der Waals surface area contributed by atoms with E-state index in [0.29, 0.717) is 17.0 Å². The number of ketones is 1. The van der Waals surface area contributed by atoms with Gasteiger partial charge in [-0.3, -0.25) is 4.79 Å². The van der Waals surface area contributed by atoms with Crippen LogP contribution in [0.15, 0.2) is 53.9 Å². The Morgan fingerprint density at radius 3 is 2.23 bits per heavy atom. The zero-order valence-corrected chi connectivity index (χ0v) is 14.9. The summed E-state index contributed by atoms with van der Waals surface area (Å²) < 4.78 is 15.0. The van der Waals surface area contributed by atoms with Crippen molar-refractivity contribution in [3.05, 3.63) is 59.5 Å². The van der Waals surface area contributed by atoms with Crippen molar-refractivity contribution in [2.24, 2.45) is 0 Å². The number of allylic oxidation sites excluding steroid dienone is 2. The van der Waals surface area contributed by atoms with Crippen LogP contribution in [0.1, 0.15) is 17.3 Å². The third-order valence-corrected chi connectivity index (χ3v) is 3.74. The van der Waals surface area contributed by atoms with Gasteiger partial charge in [-0.05, 0) is 37.3 Å². The van der Waals surface area contributed by atoms with Crippen LogP contribution >= 0.6 is 0 Å². The Labute approximate surface area is 151 Å². The molecule has 0 saturated heterocycles. The van der Waals surface area contributed by atoms with Crippen LogP contribution in [0.25, 0.3) is 0 Å². The predicted molar refractivity (Wildman–Crippen MR) is 94.8 cm³/mol. The van der Waals surface area contributed by atoms with Gasteiger partial charge in [-0.1, -0.05) is 6.08 Å². The number of carbonyl (C=O) groups excluding carboxylic acids is 3. The molecule has 1 aromatic carbocycles. The van der Waals surface area contributed by atoms with Crippen LogP contribution in [0, 0.1) is 0 Å². The molecule has 0 unspecified atom stereocenters. The summed E-state index contributed by atoms with van der Waals surface area (Å²) in [5.41, 5.74) is 0.916. The second-order valence-electron chi connectivity index (χ2n) is 5.26. The van der Waals surface area contributed by atoms with Crippen molar-refractivity contribution in [2.75, 3.05) is 26.2 Å². The fourth-order valence-corrected chi connectivity index (χ4v) is 2.45. The molecule has 0 aliphatic carbocycles. The molecule has 1 aliphatic rings. The van der Waals surface area contributed by atoms with Gasteiger partial charge < -0.3 is 19.1 Å². The first-order valence-electron chi connectivity index (χ1n) is 7.68. The smallest absolute Gasteiger partial charge is 0.355 e. The number of benzene rings is 1. The molecule has 0 N–H and O–H groups in total. The number of Topliss-reactive ketones (excluding diaryl/α,β-unsaturated/α-hetero) is 1. The Morgan fingerprint density at radius 1 is 0.962 bits per heavy atom. The minimum atomic E-state index is -0.723. The molecule has 0 atom stereocenters. The highest BCUT2D eigenvalue weighted by Crippen LogP contribution is 2.34. The summed E-state index contributed by atoms with van der Waals surface area (Å²) in [4.78, 5) is 37.6. The van der Waals surface area contributed by atoms with Crippen molar-refractivity contribution in [3.8, 4) is 5.75 Å². The third-order valence-electron chi connectivity index (χ3n) is 3.74. The monoisotopic (exact) mass is 357 g/mol. The van der Waals surface area contributed by atoms with E-state index in [2.05, 4.69) is 0 Å². The number of rotatable bonds is 5. The van der Waals surface area contributed by atoms with E-state index in [1.807, 2.05) is 0 Å². The fourth-order valence-electron chi connectivity index (χ4n) is 2.45. The summed E-state index contributed by atoms with van der Waals surface area (Å²) in [5, 5.41) is 0. The number of nitrogens with zero attached hydrogens (tertiary/aromatic N) is 1. The quantitative estimate of drug-likeness (QED) is 0.591. The molecule has 0 amide bonds. The fraction of sp³-hybridized carbons (Fsp3) is 0.211. The molecule has 0 aromatic heterocycles.